The molecule has 0 saturated heterocycles. The summed E-state index contributed by atoms with van der Waals surface area (Å²) < 4.78 is 0.990. The number of aromatic nitrogens is 2. The number of nitrogens with one attached hydrogen (secondary N) is 1. The molecule has 0 bridgehead atoms. The van der Waals surface area contributed by atoms with Gasteiger partial charge in [-0.05, 0) is 42.6 Å². The van der Waals surface area contributed by atoms with E-state index in [2.05, 4.69) is 38.1 Å². The molecule has 0 amide bonds. The zero-order valence-corrected chi connectivity index (χ0v) is 10.1. The highest BCUT2D eigenvalue weighted by Gasteiger charge is 2.27. The first-order valence-corrected chi connectivity index (χ1v) is 5.79. The number of halogens is 1. The average molecular weight is 256 g/mol. The van der Waals surface area contributed by atoms with E-state index in [9.17, 15) is 0 Å². The number of nitrogens with zero attached hydrogens (tertiary/aromatic N) is 2. The van der Waals surface area contributed by atoms with E-state index in [1.54, 1.807) is 0 Å². The van der Waals surface area contributed by atoms with E-state index < -0.39 is 0 Å². The molecular weight excluding hydrogens is 242 g/mol. The van der Waals surface area contributed by atoms with Gasteiger partial charge in [0.05, 0.1) is 10.2 Å². The summed E-state index contributed by atoms with van der Waals surface area (Å²) in [7, 11) is 0. The molecule has 1 saturated carbocycles. The average Bonchev–Trinajstić information content (AvgIpc) is 2.96. The van der Waals surface area contributed by atoms with Crippen LogP contribution in [0.2, 0.25) is 0 Å². The Labute approximate surface area is 92.5 Å². The molecule has 0 aromatic carbocycles. The van der Waals surface area contributed by atoms with Crippen molar-refractivity contribution < 1.29 is 0 Å². The molecule has 1 aromatic heterocycles. The van der Waals surface area contributed by atoms with Crippen molar-refractivity contribution in [2.45, 2.75) is 32.6 Å². The molecule has 1 N–H and O–H groups in total. The third-order valence-corrected chi connectivity index (χ3v) is 3.27. The van der Waals surface area contributed by atoms with Gasteiger partial charge in [-0.1, -0.05) is 0 Å². The number of aryl methyl sites for hydroxylation is 1. The molecular formula is C10H14BrN3. The summed E-state index contributed by atoms with van der Waals surface area (Å²) in [6.07, 6.45) is 2.49. The third-order valence-electron chi connectivity index (χ3n) is 2.32. The van der Waals surface area contributed by atoms with Gasteiger partial charge < -0.3 is 5.32 Å². The molecule has 1 aliphatic carbocycles. The maximum Gasteiger partial charge on any atom is 0.144 e. The van der Waals surface area contributed by atoms with Gasteiger partial charge in [-0.2, -0.15) is 0 Å². The summed E-state index contributed by atoms with van der Waals surface area (Å²) in [4.78, 5) is 9.00. The molecule has 0 radical (unpaired) electrons. The first kappa shape index (κ1) is 9.90. The predicted molar refractivity (Wildman–Crippen MR) is 60.6 cm³/mol. The molecule has 1 heterocycles. The highest BCUT2D eigenvalue weighted by atomic mass is 79.9. The second-order valence-corrected chi connectivity index (χ2v) is 4.43. The van der Waals surface area contributed by atoms with Crippen LogP contribution in [-0.2, 0) is 0 Å². The van der Waals surface area contributed by atoms with E-state index in [1.165, 1.54) is 12.8 Å². The standard InChI is InChI=1S/C10H14BrN3/c1-3-12-10-8(11)6(2)13-9(14-10)7-4-5-7/h7H,3-5H2,1-2H3,(H,12,13,14). The molecule has 1 aliphatic rings. The maximum absolute atomic E-state index is 4.52. The molecule has 0 atom stereocenters. The van der Waals surface area contributed by atoms with Crippen LogP contribution < -0.4 is 5.32 Å². The van der Waals surface area contributed by atoms with Crippen LogP contribution >= 0.6 is 15.9 Å². The van der Waals surface area contributed by atoms with Crippen molar-refractivity contribution in [3.05, 3.63) is 16.0 Å². The van der Waals surface area contributed by atoms with E-state index in [4.69, 9.17) is 0 Å². The maximum atomic E-state index is 4.52. The Morgan fingerprint density at radius 1 is 1.43 bits per heavy atom. The van der Waals surface area contributed by atoms with E-state index in [0.717, 1.165) is 28.4 Å². The summed E-state index contributed by atoms with van der Waals surface area (Å²) in [5.41, 5.74) is 1.03. The Bertz CT molecular complexity index is 347. The molecule has 0 aliphatic heterocycles. The van der Waals surface area contributed by atoms with Crippen LogP contribution in [0.1, 0.15) is 37.2 Å². The van der Waals surface area contributed by atoms with Gasteiger partial charge in [0.1, 0.15) is 11.6 Å². The van der Waals surface area contributed by atoms with Gasteiger partial charge in [-0.25, -0.2) is 9.97 Å². The Kier molecular flexibility index (Phi) is 2.72. The van der Waals surface area contributed by atoms with Crippen molar-refractivity contribution in [2.24, 2.45) is 0 Å². The van der Waals surface area contributed by atoms with Gasteiger partial charge in [0, 0.05) is 12.5 Å². The van der Waals surface area contributed by atoms with Gasteiger partial charge in [0.2, 0.25) is 0 Å². The summed E-state index contributed by atoms with van der Waals surface area (Å²) in [5.74, 6) is 2.54. The van der Waals surface area contributed by atoms with Crippen LogP contribution in [-0.4, -0.2) is 16.5 Å². The van der Waals surface area contributed by atoms with Crippen LogP contribution in [0, 0.1) is 6.92 Å². The van der Waals surface area contributed by atoms with E-state index in [0.29, 0.717) is 5.92 Å². The molecule has 2 rings (SSSR count). The van der Waals surface area contributed by atoms with E-state index in [-0.39, 0.29) is 0 Å². The smallest absolute Gasteiger partial charge is 0.144 e. The molecule has 3 nitrogen and oxygen atoms in total. The summed E-state index contributed by atoms with van der Waals surface area (Å²) in [5, 5.41) is 3.24. The lowest BCUT2D eigenvalue weighted by Crippen LogP contribution is -2.05. The molecule has 1 fully saturated rings. The highest BCUT2D eigenvalue weighted by Crippen LogP contribution is 2.39. The van der Waals surface area contributed by atoms with Crippen molar-refractivity contribution >= 4 is 21.7 Å². The molecule has 14 heavy (non-hydrogen) atoms. The van der Waals surface area contributed by atoms with Gasteiger partial charge >= 0.3 is 0 Å². The minimum atomic E-state index is 0.610. The van der Waals surface area contributed by atoms with Gasteiger partial charge in [0.15, 0.2) is 0 Å². The summed E-state index contributed by atoms with van der Waals surface area (Å²) in [6, 6.07) is 0. The fourth-order valence-electron chi connectivity index (χ4n) is 1.39. The lowest BCUT2D eigenvalue weighted by Gasteiger charge is -2.09. The van der Waals surface area contributed by atoms with Crippen LogP contribution in [0.5, 0.6) is 0 Å². The lowest BCUT2D eigenvalue weighted by molar-refractivity contribution is 0.897. The van der Waals surface area contributed by atoms with Crippen molar-refractivity contribution in [1.82, 2.24) is 9.97 Å². The zero-order valence-electron chi connectivity index (χ0n) is 8.47. The van der Waals surface area contributed by atoms with Crippen LogP contribution in [0.25, 0.3) is 0 Å². The van der Waals surface area contributed by atoms with Crippen LogP contribution in [0.3, 0.4) is 0 Å². The highest BCUT2D eigenvalue weighted by molar-refractivity contribution is 9.10. The molecule has 0 unspecified atom stereocenters. The van der Waals surface area contributed by atoms with E-state index in [1.807, 2.05) is 6.92 Å². The van der Waals surface area contributed by atoms with Crippen LogP contribution in [0.4, 0.5) is 5.82 Å². The Balaban J connectivity index is 2.35. The minimum Gasteiger partial charge on any atom is -0.369 e. The number of hydrogen-bond acceptors (Lipinski definition) is 3. The van der Waals surface area contributed by atoms with Crippen molar-refractivity contribution in [1.29, 1.82) is 0 Å². The van der Waals surface area contributed by atoms with Crippen molar-refractivity contribution in [2.75, 3.05) is 11.9 Å². The second kappa shape index (κ2) is 3.85. The normalized spacial score (nSPS) is 15.6. The first-order chi connectivity index (χ1) is 6.72. The van der Waals surface area contributed by atoms with Crippen molar-refractivity contribution in [3.63, 3.8) is 0 Å². The third kappa shape index (κ3) is 1.90. The Morgan fingerprint density at radius 3 is 2.71 bits per heavy atom. The fraction of sp³-hybridized carbons (Fsp3) is 0.600. The number of anilines is 1. The molecule has 4 heteroatoms. The molecule has 1 aromatic rings. The minimum absolute atomic E-state index is 0.610. The summed E-state index contributed by atoms with van der Waals surface area (Å²) >= 11 is 3.50. The quantitative estimate of drug-likeness (QED) is 0.903. The number of hydrogen-bond donors (Lipinski definition) is 1. The molecule has 0 spiro atoms. The lowest BCUT2D eigenvalue weighted by atomic mass is 10.3. The summed E-state index contributed by atoms with van der Waals surface area (Å²) in [6.45, 7) is 4.97. The predicted octanol–water partition coefficient (Wildman–Crippen LogP) is 2.86. The topological polar surface area (TPSA) is 37.8 Å². The zero-order chi connectivity index (χ0) is 10.1. The van der Waals surface area contributed by atoms with Gasteiger partial charge in [-0.15, -0.1) is 0 Å². The fourth-order valence-corrected chi connectivity index (χ4v) is 1.71. The van der Waals surface area contributed by atoms with E-state index >= 15 is 0 Å². The Hall–Kier alpha value is -0.640. The Morgan fingerprint density at radius 2 is 2.14 bits per heavy atom. The van der Waals surface area contributed by atoms with Gasteiger partial charge in [0.25, 0.3) is 0 Å². The second-order valence-electron chi connectivity index (χ2n) is 3.63. The SMILES string of the molecule is CCNc1nc(C2CC2)nc(C)c1Br. The molecule has 76 valence electrons. The van der Waals surface area contributed by atoms with Crippen LogP contribution in [0.15, 0.2) is 4.47 Å². The van der Waals surface area contributed by atoms with Crippen molar-refractivity contribution in [3.8, 4) is 0 Å². The monoisotopic (exact) mass is 255 g/mol. The number of rotatable bonds is 3. The first-order valence-electron chi connectivity index (χ1n) is 5.00. The largest absolute Gasteiger partial charge is 0.369 e. The van der Waals surface area contributed by atoms with Gasteiger partial charge in [-0.3, -0.25) is 0 Å².